The van der Waals surface area contributed by atoms with Crippen LogP contribution in [-0.2, 0) is 16.1 Å². The van der Waals surface area contributed by atoms with E-state index in [1.54, 1.807) is 7.11 Å². The van der Waals surface area contributed by atoms with Crippen LogP contribution in [0.4, 0.5) is 0 Å². The van der Waals surface area contributed by atoms with E-state index in [2.05, 4.69) is 0 Å². The van der Waals surface area contributed by atoms with Crippen molar-refractivity contribution in [1.82, 2.24) is 0 Å². The second kappa shape index (κ2) is 6.25. The number of ether oxygens (including phenoxy) is 2. The fourth-order valence-electron chi connectivity index (χ4n) is 1.67. The Kier molecular flexibility index (Phi) is 4.97. The van der Waals surface area contributed by atoms with Gasteiger partial charge in [0.2, 0.25) is 0 Å². The summed E-state index contributed by atoms with van der Waals surface area (Å²) in [4.78, 5) is 11.3. The van der Waals surface area contributed by atoms with Gasteiger partial charge in [-0.3, -0.25) is 4.79 Å². The van der Waals surface area contributed by atoms with Crippen molar-refractivity contribution in [2.45, 2.75) is 26.9 Å². The van der Waals surface area contributed by atoms with Crippen LogP contribution in [0.5, 0.6) is 5.75 Å². The van der Waals surface area contributed by atoms with Crippen molar-refractivity contribution in [3.05, 3.63) is 28.8 Å². The average Bonchev–Trinajstić information content (AvgIpc) is 2.27. The summed E-state index contributed by atoms with van der Waals surface area (Å²) in [5, 5.41) is 0. The number of aryl methyl sites for hydroxylation is 2. The number of hydrogen-bond donors (Lipinski definition) is 1. The van der Waals surface area contributed by atoms with E-state index >= 15 is 0 Å². The molecule has 1 aromatic carbocycles. The van der Waals surface area contributed by atoms with Gasteiger partial charge in [-0.1, -0.05) is 6.07 Å². The van der Waals surface area contributed by atoms with Crippen molar-refractivity contribution in [2.75, 3.05) is 13.7 Å². The molecule has 17 heavy (non-hydrogen) atoms. The Morgan fingerprint density at radius 1 is 1.35 bits per heavy atom. The van der Waals surface area contributed by atoms with E-state index in [1.165, 1.54) is 0 Å². The third-order valence-electron chi connectivity index (χ3n) is 2.52. The lowest BCUT2D eigenvalue weighted by Gasteiger charge is -2.13. The zero-order valence-electron chi connectivity index (χ0n) is 10.6. The van der Waals surface area contributed by atoms with Gasteiger partial charge < -0.3 is 15.2 Å². The lowest BCUT2D eigenvalue weighted by atomic mass is 10.1. The molecule has 4 nitrogen and oxygen atoms in total. The fourth-order valence-corrected chi connectivity index (χ4v) is 1.67. The molecule has 0 saturated carbocycles. The molecule has 4 heteroatoms. The average molecular weight is 237 g/mol. The number of carbonyl (C=O) groups is 1. The first-order chi connectivity index (χ1) is 8.08. The van der Waals surface area contributed by atoms with Crippen LogP contribution in [0.3, 0.4) is 0 Å². The van der Waals surface area contributed by atoms with Gasteiger partial charge in [0.1, 0.15) is 12.4 Å². The Balaban J connectivity index is 2.79. The summed E-state index contributed by atoms with van der Waals surface area (Å²) < 4.78 is 10.4. The summed E-state index contributed by atoms with van der Waals surface area (Å²) in [5.41, 5.74) is 8.36. The van der Waals surface area contributed by atoms with Gasteiger partial charge >= 0.3 is 5.97 Å². The predicted octanol–water partition coefficient (Wildman–Crippen LogP) is 1.70. The summed E-state index contributed by atoms with van der Waals surface area (Å²) in [5.74, 6) is 0.470. The van der Waals surface area contributed by atoms with E-state index in [9.17, 15) is 4.79 Å². The lowest BCUT2D eigenvalue weighted by Crippen LogP contribution is -2.11. The molecule has 0 spiro atoms. The molecule has 0 radical (unpaired) electrons. The maximum atomic E-state index is 11.3. The summed E-state index contributed by atoms with van der Waals surface area (Å²) >= 11 is 0. The minimum atomic E-state index is -0.283. The van der Waals surface area contributed by atoms with Gasteiger partial charge in [0.25, 0.3) is 0 Å². The number of methoxy groups -OCH3 is 1. The molecular formula is C13H19NO3. The van der Waals surface area contributed by atoms with E-state index < -0.39 is 0 Å². The van der Waals surface area contributed by atoms with Crippen LogP contribution in [0.15, 0.2) is 12.1 Å². The Bertz CT molecular complexity index is 402. The molecule has 1 rings (SSSR count). The van der Waals surface area contributed by atoms with Crippen molar-refractivity contribution in [3.63, 3.8) is 0 Å². The SMILES string of the molecule is COc1cc(C)cc(C)c1COC(=O)CCN. The minimum absolute atomic E-state index is 0.230. The van der Waals surface area contributed by atoms with Crippen LogP contribution >= 0.6 is 0 Å². The fraction of sp³-hybridized carbons (Fsp3) is 0.462. The maximum Gasteiger partial charge on any atom is 0.307 e. The highest BCUT2D eigenvalue weighted by molar-refractivity contribution is 5.69. The molecule has 0 bridgehead atoms. The smallest absolute Gasteiger partial charge is 0.307 e. The summed E-state index contributed by atoms with van der Waals surface area (Å²) in [7, 11) is 1.61. The highest BCUT2D eigenvalue weighted by Gasteiger charge is 2.10. The van der Waals surface area contributed by atoms with Gasteiger partial charge in [0.05, 0.1) is 13.5 Å². The van der Waals surface area contributed by atoms with E-state index in [0.717, 1.165) is 22.4 Å². The van der Waals surface area contributed by atoms with E-state index in [1.807, 2.05) is 26.0 Å². The maximum absolute atomic E-state index is 11.3. The first-order valence-electron chi connectivity index (χ1n) is 5.58. The Morgan fingerprint density at radius 3 is 2.65 bits per heavy atom. The van der Waals surface area contributed by atoms with E-state index in [0.29, 0.717) is 6.54 Å². The molecule has 0 fully saturated rings. The zero-order chi connectivity index (χ0) is 12.8. The van der Waals surface area contributed by atoms with Gasteiger partial charge in [-0.15, -0.1) is 0 Å². The van der Waals surface area contributed by atoms with Gasteiger partial charge in [-0.2, -0.15) is 0 Å². The summed E-state index contributed by atoms with van der Waals surface area (Å²) in [6.45, 7) is 4.51. The van der Waals surface area contributed by atoms with Crippen LogP contribution in [0.2, 0.25) is 0 Å². The molecule has 0 amide bonds. The van der Waals surface area contributed by atoms with Gasteiger partial charge in [-0.05, 0) is 31.0 Å². The van der Waals surface area contributed by atoms with Gasteiger partial charge in [0.15, 0.2) is 0 Å². The topological polar surface area (TPSA) is 61.5 Å². The Morgan fingerprint density at radius 2 is 2.06 bits per heavy atom. The van der Waals surface area contributed by atoms with Crippen LogP contribution in [0.1, 0.15) is 23.1 Å². The summed E-state index contributed by atoms with van der Waals surface area (Å²) in [6.07, 6.45) is 0.243. The van der Waals surface area contributed by atoms with Crippen molar-refractivity contribution in [1.29, 1.82) is 0 Å². The molecule has 0 aliphatic rings. The van der Waals surface area contributed by atoms with Crippen LogP contribution in [-0.4, -0.2) is 19.6 Å². The van der Waals surface area contributed by atoms with Crippen molar-refractivity contribution in [3.8, 4) is 5.75 Å². The Hall–Kier alpha value is -1.55. The number of carbonyl (C=O) groups excluding carboxylic acids is 1. The third kappa shape index (κ3) is 3.75. The predicted molar refractivity (Wildman–Crippen MR) is 65.9 cm³/mol. The highest BCUT2D eigenvalue weighted by atomic mass is 16.5. The lowest BCUT2D eigenvalue weighted by molar-refractivity contribution is -0.144. The minimum Gasteiger partial charge on any atom is -0.496 e. The monoisotopic (exact) mass is 237 g/mol. The molecule has 0 aliphatic carbocycles. The van der Waals surface area contributed by atoms with Crippen molar-refractivity contribution >= 4 is 5.97 Å². The molecule has 0 aliphatic heterocycles. The molecule has 94 valence electrons. The first kappa shape index (κ1) is 13.5. The number of nitrogens with two attached hydrogens (primary N) is 1. The molecule has 0 unspecified atom stereocenters. The molecule has 0 saturated heterocycles. The zero-order valence-corrected chi connectivity index (χ0v) is 10.6. The standard InChI is InChI=1S/C13H19NO3/c1-9-6-10(2)11(12(7-9)16-3)8-17-13(15)4-5-14/h6-7H,4-5,8,14H2,1-3H3. The number of hydrogen-bond acceptors (Lipinski definition) is 4. The van der Waals surface area contributed by atoms with E-state index in [4.69, 9.17) is 15.2 Å². The van der Waals surface area contributed by atoms with Crippen LogP contribution in [0.25, 0.3) is 0 Å². The molecule has 2 N–H and O–H groups in total. The summed E-state index contributed by atoms with van der Waals surface area (Å²) in [6, 6.07) is 3.97. The highest BCUT2D eigenvalue weighted by Crippen LogP contribution is 2.24. The van der Waals surface area contributed by atoms with Crippen LogP contribution in [0, 0.1) is 13.8 Å². The number of esters is 1. The number of rotatable bonds is 5. The normalized spacial score (nSPS) is 10.1. The van der Waals surface area contributed by atoms with Crippen molar-refractivity contribution < 1.29 is 14.3 Å². The second-order valence-corrected chi connectivity index (χ2v) is 3.96. The quantitative estimate of drug-likeness (QED) is 0.792. The molecule has 0 atom stereocenters. The third-order valence-corrected chi connectivity index (χ3v) is 2.52. The molecule has 0 heterocycles. The van der Waals surface area contributed by atoms with Crippen LogP contribution < -0.4 is 10.5 Å². The molecular weight excluding hydrogens is 218 g/mol. The number of benzene rings is 1. The van der Waals surface area contributed by atoms with Gasteiger partial charge in [-0.25, -0.2) is 0 Å². The van der Waals surface area contributed by atoms with E-state index in [-0.39, 0.29) is 19.0 Å². The largest absolute Gasteiger partial charge is 0.496 e. The second-order valence-electron chi connectivity index (χ2n) is 3.96. The van der Waals surface area contributed by atoms with Crippen molar-refractivity contribution in [2.24, 2.45) is 5.73 Å². The molecule has 0 aromatic heterocycles. The molecule has 1 aromatic rings. The first-order valence-corrected chi connectivity index (χ1v) is 5.58. The Labute approximate surface area is 102 Å². The van der Waals surface area contributed by atoms with Gasteiger partial charge in [0, 0.05) is 12.1 Å².